The Morgan fingerprint density at radius 1 is 0.829 bits per heavy atom. The molecule has 180 valence electrons. The second-order valence-corrected chi connectivity index (χ2v) is 7.70. The average Bonchev–Trinajstić information content (AvgIpc) is 2.89. The lowest BCUT2D eigenvalue weighted by molar-refractivity contribution is -0.115. The number of aryl methyl sites for hydroxylation is 1. The van der Waals surface area contributed by atoms with Crippen molar-refractivity contribution in [2.24, 2.45) is 5.10 Å². The number of carbonyl (C=O) groups is 3. The standard InChI is InChI=1S/C27H27N3O5/c1-18-9-11-20(12-10-18)26(32)30-29-22(27(33)28-17-19-7-5-4-6-8-19)16-23(31)21-13-14-24(34-2)25(15-21)35-3/h4-15H,16-17H2,1-3H3,(H,28,33)(H,30,32). The van der Waals surface area contributed by atoms with Gasteiger partial charge in [0.25, 0.3) is 11.8 Å². The van der Waals surface area contributed by atoms with Crippen molar-refractivity contribution in [2.75, 3.05) is 14.2 Å². The van der Waals surface area contributed by atoms with Crippen molar-refractivity contribution in [3.8, 4) is 11.5 Å². The van der Waals surface area contributed by atoms with Gasteiger partial charge in [-0.3, -0.25) is 14.4 Å². The minimum absolute atomic E-state index is 0.124. The zero-order valence-corrected chi connectivity index (χ0v) is 19.8. The molecule has 0 bridgehead atoms. The molecule has 2 N–H and O–H groups in total. The molecule has 35 heavy (non-hydrogen) atoms. The first-order valence-corrected chi connectivity index (χ1v) is 10.9. The SMILES string of the molecule is COc1ccc(C(=O)CC(=NNC(=O)c2ccc(C)cc2)C(=O)NCc2ccccc2)cc1OC. The molecule has 0 saturated carbocycles. The van der Waals surface area contributed by atoms with Gasteiger partial charge < -0.3 is 14.8 Å². The third-order valence-electron chi connectivity index (χ3n) is 5.20. The molecule has 0 aliphatic rings. The van der Waals surface area contributed by atoms with Crippen LogP contribution in [0.5, 0.6) is 11.5 Å². The van der Waals surface area contributed by atoms with Crippen molar-refractivity contribution in [1.29, 1.82) is 0 Å². The number of ether oxygens (including phenoxy) is 2. The van der Waals surface area contributed by atoms with Crippen LogP contribution in [0.3, 0.4) is 0 Å². The number of hydrogen-bond donors (Lipinski definition) is 2. The second kappa shape index (κ2) is 12.1. The fourth-order valence-corrected chi connectivity index (χ4v) is 3.20. The summed E-state index contributed by atoms with van der Waals surface area (Å²) in [7, 11) is 2.97. The molecular weight excluding hydrogens is 446 g/mol. The zero-order chi connectivity index (χ0) is 25.2. The number of hydrazone groups is 1. The van der Waals surface area contributed by atoms with Gasteiger partial charge in [-0.05, 0) is 42.8 Å². The van der Waals surface area contributed by atoms with E-state index < -0.39 is 11.8 Å². The molecule has 0 atom stereocenters. The summed E-state index contributed by atoms with van der Waals surface area (Å²) >= 11 is 0. The van der Waals surface area contributed by atoms with Gasteiger partial charge in [-0.15, -0.1) is 0 Å². The molecule has 3 aromatic carbocycles. The molecule has 0 radical (unpaired) electrons. The van der Waals surface area contributed by atoms with Gasteiger partial charge in [0, 0.05) is 17.7 Å². The zero-order valence-electron chi connectivity index (χ0n) is 19.8. The predicted octanol–water partition coefficient (Wildman–Crippen LogP) is 3.69. The number of amides is 2. The maximum absolute atomic E-state index is 13.0. The van der Waals surface area contributed by atoms with Gasteiger partial charge in [-0.25, -0.2) is 5.43 Å². The fourth-order valence-electron chi connectivity index (χ4n) is 3.20. The highest BCUT2D eigenvalue weighted by Crippen LogP contribution is 2.28. The van der Waals surface area contributed by atoms with Crippen molar-refractivity contribution in [3.05, 3.63) is 95.1 Å². The number of benzene rings is 3. The number of rotatable bonds is 10. The van der Waals surface area contributed by atoms with E-state index in [9.17, 15) is 14.4 Å². The first-order chi connectivity index (χ1) is 16.9. The van der Waals surface area contributed by atoms with Gasteiger partial charge in [0.2, 0.25) is 0 Å². The Labute approximate surface area is 204 Å². The van der Waals surface area contributed by atoms with Crippen LogP contribution in [0.25, 0.3) is 0 Å². The molecule has 0 spiro atoms. The Morgan fingerprint density at radius 2 is 1.49 bits per heavy atom. The smallest absolute Gasteiger partial charge is 0.271 e. The van der Waals surface area contributed by atoms with Gasteiger partial charge in [-0.1, -0.05) is 48.0 Å². The van der Waals surface area contributed by atoms with Crippen LogP contribution in [0, 0.1) is 6.92 Å². The predicted molar refractivity (Wildman–Crippen MR) is 133 cm³/mol. The maximum Gasteiger partial charge on any atom is 0.271 e. The minimum atomic E-state index is -0.563. The van der Waals surface area contributed by atoms with E-state index in [4.69, 9.17) is 9.47 Å². The van der Waals surface area contributed by atoms with Gasteiger partial charge in [0.1, 0.15) is 5.71 Å². The molecule has 3 rings (SSSR count). The largest absolute Gasteiger partial charge is 0.493 e. The Balaban J connectivity index is 1.79. The summed E-state index contributed by atoms with van der Waals surface area (Å²) < 4.78 is 10.5. The minimum Gasteiger partial charge on any atom is -0.493 e. The quantitative estimate of drug-likeness (QED) is 0.265. The average molecular weight is 474 g/mol. The van der Waals surface area contributed by atoms with E-state index in [1.54, 1.807) is 36.4 Å². The molecule has 0 fully saturated rings. The highest BCUT2D eigenvalue weighted by Gasteiger charge is 2.19. The monoisotopic (exact) mass is 473 g/mol. The lowest BCUT2D eigenvalue weighted by atomic mass is 10.0. The topological polar surface area (TPSA) is 106 Å². The van der Waals surface area contributed by atoms with Crippen molar-refractivity contribution >= 4 is 23.3 Å². The molecule has 8 heteroatoms. The highest BCUT2D eigenvalue weighted by molar-refractivity contribution is 6.42. The van der Waals surface area contributed by atoms with Gasteiger partial charge >= 0.3 is 0 Å². The van der Waals surface area contributed by atoms with E-state index in [2.05, 4.69) is 15.8 Å². The Hall–Kier alpha value is -4.46. The summed E-state index contributed by atoms with van der Waals surface area (Å²) in [6, 6.07) is 21.0. The summed E-state index contributed by atoms with van der Waals surface area (Å²) in [5.41, 5.74) is 4.85. The van der Waals surface area contributed by atoms with Crippen molar-refractivity contribution < 1.29 is 23.9 Å². The van der Waals surface area contributed by atoms with E-state index in [0.717, 1.165) is 11.1 Å². The van der Waals surface area contributed by atoms with Gasteiger partial charge in [-0.2, -0.15) is 5.10 Å². The summed E-state index contributed by atoms with van der Waals surface area (Å²) in [5, 5.41) is 6.75. The molecule has 0 saturated heterocycles. The first-order valence-electron chi connectivity index (χ1n) is 10.9. The fraction of sp³-hybridized carbons (Fsp3) is 0.185. The van der Waals surface area contributed by atoms with Crippen LogP contribution < -0.4 is 20.2 Å². The van der Waals surface area contributed by atoms with Crippen molar-refractivity contribution in [1.82, 2.24) is 10.7 Å². The van der Waals surface area contributed by atoms with E-state index in [0.29, 0.717) is 22.6 Å². The van der Waals surface area contributed by atoms with E-state index in [1.807, 2.05) is 37.3 Å². The van der Waals surface area contributed by atoms with Crippen molar-refractivity contribution in [2.45, 2.75) is 19.9 Å². The molecule has 0 heterocycles. The third kappa shape index (κ3) is 7.01. The summed E-state index contributed by atoms with van der Waals surface area (Å²) in [6.45, 7) is 2.16. The second-order valence-electron chi connectivity index (χ2n) is 7.70. The third-order valence-corrected chi connectivity index (χ3v) is 5.20. The lowest BCUT2D eigenvalue weighted by Crippen LogP contribution is -2.34. The summed E-state index contributed by atoms with van der Waals surface area (Å²) in [5.74, 6) is -0.560. The van der Waals surface area contributed by atoms with E-state index in [1.165, 1.54) is 20.3 Å². The van der Waals surface area contributed by atoms with Gasteiger partial charge in [0.05, 0.1) is 20.6 Å². The molecule has 0 unspecified atom stereocenters. The number of carbonyl (C=O) groups excluding carboxylic acids is 3. The van der Waals surface area contributed by atoms with Crippen LogP contribution in [0.15, 0.2) is 77.9 Å². The van der Waals surface area contributed by atoms with Crippen molar-refractivity contribution in [3.63, 3.8) is 0 Å². The Bertz CT molecular complexity index is 1220. The van der Waals surface area contributed by atoms with Crippen LogP contribution >= 0.6 is 0 Å². The Kier molecular flexibility index (Phi) is 8.72. The van der Waals surface area contributed by atoms with Crippen LogP contribution in [0.4, 0.5) is 0 Å². The number of nitrogens with one attached hydrogen (secondary N) is 2. The highest BCUT2D eigenvalue weighted by atomic mass is 16.5. The lowest BCUT2D eigenvalue weighted by Gasteiger charge is -2.11. The van der Waals surface area contributed by atoms with E-state index in [-0.39, 0.29) is 24.5 Å². The number of hydrogen-bond acceptors (Lipinski definition) is 6. The van der Waals surface area contributed by atoms with Crippen LogP contribution in [0.2, 0.25) is 0 Å². The molecule has 2 amide bonds. The number of methoxy groups -OCH3 is 2. The molecule has 8 nitrogen and oxygen atoms in total. The van der Waals surface area contributed by atoms with Crippen LogP contribution in [-0.2, 0) is 11.3 Å². The number of Topliss-reactive ketones (excluding diaryl/α,β-unsaturated/α-hetero) is 1. The first kappa shape index (κ1) is 25.2. The van der Waals surface area contributed by atoms with Crippen LogP contribution in [0.1, 0.15) is 38.3 Å². The summed E-state index contributed by atoms with van der Waals surface area (Å²) in [4.78, 5) is 38.4. The molecule has 3 aromatic rings. The molecule has 0 aliphatic carbocycles. The molecular formula is C27H27N3O5. The maximum atomic E-state index is 13.0. The molecule has 0 aliphatic heterocycles. The number of nitrogens with zero attached hydrogens (tertiary/aromatic N) is 1. The molecule has 0 aromatic heterocycles. The van der Waals surface area contributed by atoms with E-state index >= 15 is 0 Å². The summed E-state index contributed by atoms with van der Waals surface area (Å²) in [6.07, 6.45) is -0.329. The Morgan fingerprint density at radius 3 is 2.14 bits per heavy atom. The normalized spacial score (nSPS) is 10.9. The van der Waals surface area contributed by atoms with Crippen LogP contribution in [-0.4, -0.2) is 37.5 Å². The van der Waals surface area contributed by atoms with Gasteiger partial charge in [0.15, 0.2) is 17.3 Å². The number of ketones is 1.